The monoisotopic (exact) mass is 401 g/mol. The van der Waals surface area contributed by atoms with Crippen LogP contribution in [0.1, 0.15) is 23.6 Å². The van der Waals surface area contributed by atoms with Crippen LogP contribution < -0.4 is 15.4 Å². The largest absolute Gasteiger partial charge is 0.437 e. The third kappa shape index (κ3) is 5.54. The van der Waals surface area contributed by atoms with Gasteiger partial charge >= 0.3 is 0 Å². The topological polar surface area (TPSA) is 80.3 Å². The van der Waals surface area contributed by atoms with E-state index in [0.29, 0.717) is 23.0 Å². The van der Waals surface area contributed by atoms with Gasteiger partial charge in [0, 0.05) is 24.9 Å². The molecule has 30 heavy (non-hydrogen) atoms. The van der Waals surface area contributed by atoms with Gasteiger partial charge in [-0.15, -0.1) is 0 Å². The van der Waals surface area contributed by atoms with E-state index in [1.54, 1.807) is 36.5 Å². The Balaban J connectivity index is 1.69. The number of aromatic nitrogens is 1. The normalized spacial score (nSPS) is 10.6. The van der Waals surface area contributed by atoms with E-state index < -0.39 is 0 Å². The summed E-state index contributed by atoms with van der Waals surface area (Å²) in [4.78, 5) is 27.7. The number of nitrogens with one attached hydrogen (secondary N) is 2. The molecule has 3 rings (SSSR count). The molecule has 0 atom stereocenters. The van der Waals surface area contributed by atoms with Crippen molar-refractivity contribution in [3.63, 3.8) is 0 Å². The van der Waals surface area contributed by atoms with Crippen LogP contribution in [0.25, 0.3) is 6.08 Å². The van der Waals surface area contributed by atoms with E-state index in [0.717, 1.165) is 16.7 Å². The molecular weight excluding hydrogens is 378 g/mol. The summed E-state index contributed by atoms with van der Waals surface area (Å²) in [6, 6.07) is 16.4. The van der Waals surface area contributed by atoms with Crippen LogP contribution in [-0.4, -0.2) is 16.8 Å². The van der Waals surface area contributed by atoms with Gasteiger partial charge < -0.3 is 15.4 Å². The zero-order valence-corrected chi connectivity index (χ0v) is 17.1. The summed E-state index contributed by atoms with van der Waals surface area (Å²) in [5, 5.41) is 5.50. The number of anilines is 2. The third-order valence-electron chi connectivity index (χ3n) is 4.45. The van der Waals surface area contributed by atoms with Gasteiger partial charge in [0.2, 0.25) is 17.7 Å². The summed E-state index contributed by atoms with van der Waals surface area (Å²) in [6.07, 6.45) is 4.74. The Kier molecular flexibility index (Phi) is 6.60. The van der Waals surface area contributed by atoms with E-state index in [2.05, 4.69) is 15.6 Å². The first kappa shape index (κ1) is 20.8. The summed E-state index contributed by atoms with van der Waals surface area (Å²) >= 11 is 0. The minimum atomic E-state index is -0.306. The van der Waals surface area contributed by atoms with Crippen LogP contribution in [0.15, 0.2) is 66.9 Å². The molecule has 0 saturated heterocycles. The van der Waals surface area contributed by atoms with Gasteiger partial charge in [0.1, 0.15) is 11.4 Å². The van der Waals surface area contributed by atoms with Crippen molar-refractivity contribution in [1.82, 2.24) is 4.98 Å². The standard InChI is InChI=1S/C24H23N3O3/c1-16-6-4-8-22(17(16)2)30-24-21(7-5-15-25-24)27-23(29)14-11-19-9-12-20(13-10-19)26-18(3)28/h4-15H,1-3H3,(H,26,28)(H,27,29)/b14-11+. The first-order valence-corrected chi connectivity index (χ1v) is 9.48. The number of rotatable bonds is 6. The molecule has 6 heteroatoms. The molecule has 2 aromatic carbocycles. The van der Waals surface area contributed by atoms with Crippen LogP contribution in [0, 0.1) is 13.8 Å². The van der Waals surface area contributed by atoms with Crippen molar-refractivity contribution in [1.29, 1.82) is 0 Å². The first-order chi connectivity index (χ1) is 14.4. The molecule has 0 aliphatic heterocycles. The van der Waals surface area contributed by atoms with E-state index >= 15 is 0 Å². The number of carbonyl (C=O) groups excluding carboxylic acids is 2. The Morgan fingerprint density at radius 1 is 0.967 bits per heavy atom. The maximum atomic E-state index is 12.4. The lowest BCUT2D eigenvalue weighted by atomic mass is 10.1. The summed E-state index contributed by atoms with van der Waals surface area (Å²) in [5.74, 6) is 0.583. The summed E-state index contributed by atoms with van der Waals surface area (Å²) in [5.41, 5.74) is 4.14. The minimum absolute atomic E-state index is 0.131. The SMILES string of the molecule is CC(=O)Nc1ccc(/C=C/C(=O)Nc2cccnc2Oc2cccc(C)c2C)cc1. The van der Waals surface area contributed by atoms with Crippen molar-refractivity contribution < 1.29 is 14.3 Å². The number of hydrogen-bond acceptors (Lipinski definition) is 4. The van der Waals surface area contributed by atoms with Gasteiger partial charge in [0.05, 0.1) is 0 Å². The predicted molar refractivity (Wildman–Crippen MR) is 119 cm³/mol. The fraction of sp³-hybridized carbons (Fsp3) is 0.125. The third-order valence-corrected chi connectivity index (χ3v) is 4.45. The quantitative estimate of drug-likeness (QED) is 0.563. The Bertz CT molecular complexity index is 1090. The lowest BCUT2D eigenvalue weighted by molar-refractivity contribution is -0.114. The number of amides is 2. The Morgan fingerprint density at radius 2 is 1.73 bits per heavy atom. The molecule has 0 spiro atoms. The predicted octanol–water partition coefficient (Wildman–Crippen LogP) is 5.10. The molecule has 0 radical (unpaired) electrons. The van der Waals surface area contributed by atoms with E-state index in [1.165, 1.54) is 13.0 Å². The Labute approximate surface area is 175 Å². The summed E-state index contributed by atoms with van der Waals surface area (Å²) in [6.45, 7) is 5.44. The maximum Gasteiger partial charge on any atom is 0.248 e. The number of pyridine rings is 1. The van der Waals surface area contributed by atoms with Crippen LogP contribution in [0.4, 0.5) is 11.4 Å². The molecule has 2 N–H and O–H groups in total. The lowest BCUT2D eigenvalue weighted by Gasteiger charge is -2.12. The van der Waals surface area contributed by atoms with E-state index in [9.17, 15) is 9.59 Å². The molecule has 0 bridgehead atoms. The molecule has 1 aromatic heterocycles. The zero-order chi connectivity index (χ0) is 21.5. The number of benzene rings is 2. The molecule has 0 saturated carbocycles. The van der Waals surface area contributed by atoms with Gasteiger partial charge in [-0.2, -0.15) is 0 Å². The van der Waals surface area contributed by atoms with Crippen LogP contribution in [0.5, 0.6) is 11.6 Å². The average molecular weight is 401 g/mol. The zero-order valence-electron chi connectivity index (χ0n) is 17.1. The molecule has 2 amide bonds. The second-order valence-corrected chi connectivity index (χ2v) is 6.78. The van der Waals surface area contributed by atoms with Gasteiger partial charge in [-0.3, -0.25) is 9.59 Å². The van der Waals surface area contributed by atoms with Gasteiger partial charge in [-0.1, -0.05) is 24.3 Å². The Hall–Kier alpha value is -3.93. The molecule has 1 heterocycles. The molecule has 152 valence electrons. The molecular formula is C24H23N3O3. The first-order valence-electron chi connectivity index (χ1n) is 9.48. The van der Waals surface area contributed by atoms with Gasteiger partial charge in [0.15, 0.2) is 0 Å². The van der Waals surface area contributed by atoms with Crippen molar-refractivity contribution in [3.05, 3.63) is 83.6 Å². The van der Waals surface area contributed by atoms with Crippen molar-refractivity contribution in [2.45, 2.75) is 20.8 Å². The van der Waals surface area contributed by atoms with Crippen LogP contribution in [-0.2, 0) is 9.59 Å². The smallest absolute Gasteiger partial charge is 0.248 e. The van der Waals surface area contributed by atoms with E-state index in [-0.39, 0.29) is 11.8 Å². The van der Waals surface area contributed by atoms with Crippen LogP contribution >= 0.6 is 0 Å². The second kappa shape index (κ2) is 9.52. The molecule has 0 unspecified atom stereocenters. The molecule has 3 aromatic rings. The van der Waals surface area contributed by atoms with Gasteiger partial charge in [-0.05, 0) is 66.9 Å². The van der Waals surface area contributed by atoms with Crippen molar-refractivity contribution >= 4 is 29.3 Å². The van der Waals surface area contributed by atoms with Gasteiger partial charge in [0.25, 0.3) is 0 Å². The second-order valence-electron chi connectivity index (χ2n) is 6.78. The fourth-order valence-corrected chi connectivity index (χ4v) is 2.73. The highest BCUT2D eigenvalue weighted by Crippen LogP contribution is 2.30. The lowest BCUT2D eigenvalue weighted by Crippen LogP contribution is -2.09. The highest BCUT2D eigenvalue weighted by molar-refractivity contribution is 6.02. The highest BCUT2D eigenvalue weighted by Gasteiger charge is 2.10. The fourth-order valence-electron chi connectivity index (χ4n) is 2.73. The van der Waals surface area contributed by atoms with Crippen molar-refractivity contribution in [2.24, 2.45) is 0 Å². The van der Waals surface area contributed by atoms with E-state index in [4.69, 9.17) is 4.74 Å². The maximum absolute atomic E-state index is 12.4. The number of hydrogen-bond donors (Lipinski definition) is 2. The Morgan fingerprint density at radius 3 is 2.47 bits per heavy atom. The number of nitrogens with zero attached hydrogens (tertiary/aromatic N) is 1. The highest BCUT2D eigenvalue weighted by atomic mass is 16.5. The van der Waals surface area contributed by atoms with Crippen molar-refractivity contribution in [3.8, 4) is 11.6 Å². The van der Waals surface area contributed by atoms with Crippen molar-refractivity contribution in [2.75, 3.05) is 10.6 Å². The minimum Gasteiger partial charge on any atom is -0.437 e. The summed E-state index contributed by atoms with van der Waals surface area (Å²) < 4.78 is 5.95. The number of ether oxygens (including phenoxy) is 1. The molecule has 0 fully saturated rings. The summed E-state index contributed by atoms with van der Waals surface area (Å²) in [7, 11) is 0. The molecule has 0 aliphatic rings. The molecule has 0 aliphatic carbocycles. The van der Waals surface area contributed by atoms with Gasteiger partial charge in [-0.25, -0.2) is 4.98 Å². The average Bonchev–Trinajstić information content (AvgIpc) is 2.72. The number of carbonyl (C=O) groups is 2. The number of aryl methyl sites for hydroxylation is 1. The van der Waals surface area contributed by atoms with E-state index in [1.807, 2.05) is 44.2 Å². The molecule has 6 nitrogen and oxygen atoms in total. The van der Waals surface area contributed by atoms with Crippen LogP contribution in [0.3, 0.4) is 0 Å². The van der Waals surface area contributed by atoms with Crippen LogP contribution in [0.2, 0.25) is 0 Å².